The first-order valence-electron chi connectivity index (χ1n) is 5.14. The molecule has 6 heteroatoms. The molecule has 2 heterocycles. The third kappa shape index (κ3) is 2.79. The first kappa shape index (κ1) is 11.5. The van der Waals surface area contributed by atoms with E-state index in [1.807, 2.05) is 0 Å². The third-order valence-electron chi connectivity index (χ3n) is 2.15. The van der Waals surface area contributed by atoms with Gasteiger partial charge in [0.05, 0.1) is 18.6 Å². The molecule has 2 aromatic heterocycles. The summed E-state index contributed by atoms with van der Waals surface area (Å²) in [6.07, 6.45) is 4.42. The van der Waals surface area contributed by atoms with Crippen LogP contribution in [-0.4, -0.2) is 21.8 Å². The molecule has 0 radical (unpaired) electrons. The summed E-state index contributed by atoms with van der Waals surface area (Å²) in [6, 6.07) is 1.40. The molecule has 2 rings (SSSR count). The van der Waals surface area contributed by atoms with Crippen molar-refractivity contribution in [3.8, 4) is 11.6 Å². The Morgan fingerprint density at radius 3 is 2.94 bits per heavy atom. The summed E-state index contributed by atoms with van der Waals surface area (Å²) in [6.45, 7) is 0.486. The predicted octanol–water partition coefficient (Wildman–Crippen LogP) is 1.47. The molecule has 17 heavy (non-hydrogen) atoms. The number of hydrogen-bond acceptors (Lipinski definition) is 4. The Balaban J connectivity index is 2.25. The fourth-order valence-corrected chi connectivity index (χ4v) is 1.44. The molecule has 1 N–H and O–H groups in total. The van der Waals surface area contributed by atoms with Crippen molar-refractivity contribution in [1.82, 2.24) is 20.1 Å². The number of hydrogen-bond donors (Lipinski definition) is 1. The van der Waals surface area contributed by atoms with Gasteiger partial charge in [0.25, 0.3) is 0 Å². The van der Waals surface area contributed by atoms with Crippen molar-refractivity contribution in [3.05, 3.63) is 36.0 Å². The molecule has 0 spiro atoms. The summed E-state index contributed by atoms with van der Waals surface area (Å²) < 4.78 is 20.2. The summed E-state index contributed by atoms with van der Waals surface area (Å²) in [5.74, 6) is 0.575. The number of aromatic nitrogens is 3. The van der Waals surface area contributed by atoms with E-state index in [2.05, 4.69) is 15.4 Å². The van der Waals surface area contributed by atoms with Crippen LogP contribution >= 0.6 is 0 Å². The van der Waals surface area contributed by atoms with Crippen LogP contribution in [0.4, 0.5) is 4.39 Å². The van der Waals surface area contributed by atoms with Crippen LogP contribution in [0.1, 0.15) is 5.56 Å². The van der Waals surface area contributed by atoms with Crippen molar-refractivity contribution in [2.75, 3.05) is 7.05 Å². The monoisotopic (exact) mass is 236 g/mol. The predicted molar refractivity (Wildman–Crippen MR) is 60.2 cm³/mol. The van der Waals surface area contributed by atoms with Crippen LogP contribution in [0.3, 0.4) is 0 Å². The number of nitrogens with zero attached hydrogens (tertiary/aromatic N) is 3. The molecular formula is C11H13FN4O. The van der Waals surface area contributed by atoms with Gasteiger partial charge in [-0.25, -0.2) is 9.37 Å². The van der Waals surface area contributed by atoms with Crippen LogP contribution in [-0.2, 0) is 13.6 Å². The highest BCUT2D eigenvalue weighted by atomic mass is 19.1. The lowest BCUT2D eigenvalue weighted by Crippen LogP contribution is -2.07. The summed E-state index contributed by atoms with van der Waals surface area (Å²) >= 11 is 0. The maximum Gasteiger partial charge on any atom is 0.224 e. The average molecular weight is 236 g/mol. The van der Waals surface area contributed by atoms with Crippen LogP contribution < -0.4 is 10.1 Å². The van der Waals surface area contributed by atoms with Crippen molar-refractivity contribution in [2.24, 2.45) is 7.05 Å². The van der Waals surface area contributed by atoms with Gasteiger partial charge < -0.3 is 10.1 Å². The zero-order valence-corrected chi connectivity index (χ0v) is 9.64. The largest absolute Gasteiger partial charge is 0.435 e. The van der Waals surface area contributed by atoms with Crippen molar-refractivity contribution < 1.29 is 9.13 Å². The maximum absolute atomic E-state index is 13.1. The van der Waals surface area contributed by atoms with Crippen LogP contribution in [0, 0.1) is 5.82 Å². The second-order valence-corrected chi connectivity index (χ2v) is 3.60. The van der Waals surface area contributed by atoms with E-state index in [1.165, 1.54) is 6.07 Å². The van der Waals surface area contributed by atoms with Gasteiger partial charge >= 0.3 is 0 Å². The Morgan fingerprint density at radius 2 is 2.29 bits per heavy atom. The minimum Gasteiger partial charge on any atom is -0.435 e. The van der Waals surface area contributed by atoms with E-state index in [9.17, 15) is 4.39 Å². The van der Waals surface area contributed by atoms with Crippen molar-refractivity contribution in [1.29, 1.82) is 0 Å². The lowest BCUT2D eigenvalue weighted by Gasteiger charge is -2.07. The molecule has 0 aliphatic carbocycles. The van der Waals surface area contributed by atoms with Crippen LogP contribution in [0.15, 0.2) is 24.7 Å². The van der Waals surface area contributed by atoms with Gasteiger partial charge in [0.2, 0.25) is 5.88 Å². The van der Waals surface area contributed by atoms with Crippen LogP contribution in [0.25, 0.3) is 0 Å². The molecule has 0 aliphatic rings. The Kier molecular flexibility index (Phi) is 3.34. The van der Waals surface area contributed by atoms with E-state index in [1.54, 1.807) is 31.2 Å². The Morgan fingerprint density at radius 1 is 1.47 bits per heavy atom. The molecule has 90 valence electrons. The van der Waals surface area contributed by atoms with Gasteiger partial charge in [-0.3, -0.25) is 4.68 Å². The molecule has 2 aromatic rings. The maximum atomic E-state index is 13.1. The average Bonchev–Trinajstić information content (AvgIpc) is 2.69. The van der Waals surface area contributed by atoms with Gasteiger partial charge in [-0.15, -0.1) is 0 Å². The van der Waals surface area contributed by atoms with Gasteiger partial charge in [0.15, 0.2) is 5.75 Å². The molecule has 0 saturated carbocycles. The molecule has 0 atom stereocenters. The summed E-state index contributed by atoms with van der Waals surface area (Å²) in [4.78, 5) is 3.93. The number of pyridine rings is 1. The molecule has 0 unspecified atom stereocenters. The summed E-state index contributed by atoms with van der Waals surface area (Å²) in [7, 11) is 3.57. The summed E-state index contributed by atoms with van der Waals surface area (Å²) in [5.41, 5.74) is 0.663. The highest BCUT2D eigenvalue weighted by Crippen LogP contribution is 2.22. The number of nitrogens with one attached hydrogen (secondary N) is 1. The topological polar surface area (TPSA) is 52.0 Å². The normalized spacial score (nSPS) is 10.5. The fraction of sp³-hybridized carbons (Fsp3) is 0.273. The first-order chi connectivity index (χ1) is 8.19. The van der Waals surface area contributed by atoms with E-state index >= 15 is 0 Å². The quantitative estimate of drug-likeness (QED) is 0.873. The molecular weight excluding hydrogens is 223 g/mol. The standard InChI is InChI=1S/C11H13FN4O/c1-13-4-8-3-9(12)5-14-11(8)17-10-6-15-16(2)7-10/h3,5-7,13H,4H2,1-2H3. The molecule has 0 aliphatic heterocycles. The van der Waals surface area contributed by atoms with Gasteiger partial charge in [0, 0.05) is 19.2 Å². The van der Waals surface area contributed by atoms with Gasteiger partial charge in [0.1, 0.15) is 5.82 Å². The van der Waals surface area contributed by atoms with Crippen molar-refractivity contribution >= 4 is 0 Å². The number of rotatable bonds is 4. The summed E-state index contributed by atoms with van der Waals surface area (Å²) in [5, 5.41) is 6.92. The Bertz CT molecular complexity index is 512. The van der Waals surface area contributed by atoms with E-state index in [0.29, 0.717) is 23.7 Å². The van der Waals surface area contributed by atoms with Crippen molar-refractivity contribution in [2.45, 2.75) is 6.54 Å². The van der Waals surface area contributed by atoms with E-state index in [-0.39, 0.29) is 5.82 Å². The molecule has 0 amide bonds. The molecule has 5 nitrogen and oxygen atoms in total. The highest BCUT2D eigenvalue weighted by Gasteiger charge is 2.08. The minimum atomic E-state index is -0.381. The number of aryl methyl sites for hydroxylation is 1. The van der Waals surface area contributed by atoms with Gasteiger partial charge in [-0.1, -0.05) is 0 Å². The highest BCUT2D eigenvalue weighted by molar-refractivity contribution is 5.30. The zero-order chi connectivity index (χ0) is 12.3. The number of halogens is 1. The molecule has 0 saturated heterocycles. The molecule has 0 aromatic carbocycles. The first-order valence-corrected chi connectivity index (χ1v) is 5.14. The Labute approximate surface area is 98.2 Å². The second kappa shape index (κ2) is 4.92. The van der Waals surface area contributed by atoms with Crippen molar-refractivity contribution in [3.63, 3.8) is 0 Å². The van der Waals surface area contributed by atoms with E-state index in [0.717, 1.165) is 6.20 Å². The van der Waals surface area contributed by atoms with E-state index < -0.39 is 0 Å². The van der Waals surface area contributed by atoms with Crippen LogP contribution in [0.2, 0.25) is 0 Å². The smallest absolute Gasteiger partial charge is 0.224 e. The molecule has 0 bridgehead atoms. The lowest BCUT2D eigenvalue weighted by atomic mass is 10.2. The van der Waals surface area contributed by atoms with Crippen LogP contribution in [0.5, 0.6) is 11.6 Å². The lowest BCUT2D eigenvalue weighted by molar-refractivity contribution is 0.449. The second-order valence-electron chi connectivity index (χ2n) is 3.60. The van der Waals surface area contributed by atoms with Gasteiger partial charge in [-0.2, -0.15) is 5.10 Å². The SMILES string of the molecule is CNCc1cc(F)cnc1Oc1cnn(C)c1. The zero-order valence-electron chi connectivity index (χ0n) is 9.64. The van der Waals surface area contributed by atoms with E-state index in [4.69, 9.17) is 4.74 Å². The third-order valence-corrected chi connectivity index (χ3v) is 2.15. The van der Waals surface area contributed by atoms with Gasteiger partial charge in [-0.05, 0) is 13.1 Å². The minimum absolute atomic E-state index is 0.381. The molecule has 0 fully saturated rings. The fourth-order valence-electron chi connectivity index (χ4n) is 1.44. The Hall–Kier alpha value is -1.95. The number of ether oxygens (including phenoxy) is 1.